The van der Waals surface area contributed by atoms with E-state index in [9.17, 15) is 10.2 Å². The third-order valence-electron chi connectivity index (χ3n) is 11.2. The van der Waals surface area contributed by atoms with Gasteiger partial charge in [-0.15, -0.1) is 0 Å². The van der Waals surface area contributed by atoms with Gasteiger partial charge in [-0.1, -0.05) is 105 Å². The first-order chi connectivity index (χ1) is 20.4. The molecule has 0 aromatic rings. The summed E-state index contributed by atoms with van der Waals surface area (Å²) in [5.74, 6) is 0. The highest BCUT2D eigenvalue weighted by atomic mass is 16.6. The molecular formula is C40H60O4. The second kappa shape index (κ2) is 12.7. The maximum Gasteiger partial charge on any atom is 0.121 e. The summed E-state index contributed by atoms with van der Waals surface area (Å²) < 4.78 is 12.6. The quantitative estimate of drug-likeness (QED) is 0.132. The van der Waals surface area contributed by atoms with Crippen LogP contribution in [0.1, 0.15) is 121 Å². The lowest BCUT2D eigenvalue weighted by atomic mass is 9.61. The van der Waals surface area contributed by atoms with Crippen LogP contribution in [-0.2, 0) is 9.47 Å². The molecule has 2 saturated carbocycles. The Bertz CT molecular complexity index is 1290. The SMILES string of the molecule is CC(/C=C/[C@@]12O[C@]1(C)C[C@@H](O)CC2(C)C)=C\C=C\C(C)=C\CC/C=C(C)/C=C/C=C(\C)CC[C@@]12O[C@]1(C)C[C@@H](O)CC2(C)C. The molecule has 2 N–H and O–H groups in total. The maximum atomic E-state index is 10.3. The fraction of sp³-hybridized carbons (Fsp3) is 0.650. The van der Waals surface area contributed by atoms with Crippen LogP contribution < -0.4 is 0 Å². The van der Waals surface area contributed by atoms with E-state index in [1.54, 1.807) is 0 Å². The zero-order valence-electron chi connectivity index (χ0n) is 29.3. The minimum atomic E-state index is -0.284. The van der Waals surface area contributed by atoms with Gasteiger partial charge < -0.3 is 19.7 Å². The Labute approximate surface area is 268 Å². The van der Waals surface area contributed by atoms with Gasteiger partial charge in [-0.05, 0) is 91.6 Å². The minimum absolute atomic E-state index is 0.00250. The van der Waals surface area contributed by atoms with E-state index < -0.39 is 0 Å². The van der Waals surface area contributed by atoms with Crippen molar-refractivity contribution in [2.24, 2.45) is 10.8 Å². The van der Waals surface area contributed by atoms with Gasteiger partial charge in [0, 0.05) is 18.3 Å². The fourth-order valence-electron chi connectivity index (χ4n) is 8.66. The van der Waals surface area contributed by atoms with Crippen LogP contribution in [0.2, 0.25) is 0 Å². The van der Waals surface area contributed by atoms with Crippen LogP contribution >= 0.6 is 0 Å². The molecule has 244 valence electrons. The average molecular weight is 605 g/mol. The standard InChI is InChI=1S/C40H60O4/c1-29(17-13-19-31(3)21-23-39-35(5,6)25-33(41)27-37(39,9)43-39)15-11-12-16-30(2)18-14-20-32(4)22-24-40-36(7,8)26-34(42)28-38(40,10)44-40/h13-21,23,33-34,41-42H,11-12,22,24-28H2,1-10H3/b17-13+,18-14+,23-21+,29-15+,30-16+,31-19+,32-20+/t33-,34-,37+,38+,39-,40-/m0/s1. The van der Waals surface area contributed by atoms with Crippen molar-refractivity contribution in [2.75, 3.05) is 0 Å². The van der Waals surface area contributed by atoms with E-state index >= 15 is 0 Å². The van der Waals surface area contributed by atoms with Crippen molar-refractivity contribution in [1.29, 1.82) is 0 Å². The number of unbranched alkanes of at least 4 members (excludes halogenated alkanes) is 1. The number of aliphatic hydroxyl groups is 2. The number of rotatable bonds is 12. The second-order valence-corrected chi connectivity index (χ2v) is 16.1. The largest absolute Gasteiger partial charge is 0.393 e. The molecule has 4 heteroatoms. The molecule has 0 aromatic heterocycles. The summed E-state index contributed by atoms with van der Waals surface area (Å²) in [6.45, 7) is 21.9. The molecule has 4 fully saturated rings. The van der Waals surface area contributed by atoms with E-state index in [0.717, 1.165) is 44.9 Å². The molecule has 2 saturated heterocycles. The van der Waals surface area contributed by atoms with E-state index in [0.29, 0.717) is 6.42 Å². The van der Waals surface area contributed by atoms with Gasteiger partial charge in [-0.2, -0.15) is 0 Å². The van der Waals surface area contributed by atoms with Crippen LogP contribution in [0, 0.1) is 10.8 Å². The zero-order chi connectivity index (χ0) is 32.6. The Hall–Kier alpha value is -1.98. The molecule has 4 nitrogen and oxygen atoms in total. The molecule has 4 aliphatic rings. The normalized spacial score (nSPS) is 38.8. The lowest BCUT2D eigenvalue weighted by molar-refractivity contribution is 0.0318. The highest BCUT2D eigenvalue weighted by Gasteiger charge is 2.75. The van der Waals surface area contributed by atoms with Gasteiger partial charge >= 0.3 is 0 Å². The van der Waals surface area contributed by atoms with Gasteiger partial charge in [-0.25, -0.2) is 0 Å². The van der Waals surface area contributed by atoms with E-state index in [1.807, 2.05) is 0 Å². The molecule has 0 bridgehead atoms. The predicted octanol–water partition coefficient (Wildman–Crippen LogP) is 9.42. The molecule has 0 unspecified atom stereocenters. The Balaban J connectivity index is 1.19. The second-order valence-electron chi connectivity index (χ2n) is 16.1. The topological polar surface area (TPSA) is 65.5 Å². The van der Waals surface area contributed by atoms with Crippen LogP contribution in [0.25, 0.3) is 0 Å². The summed E-state index contributed by atoms with van der Waals surface area (Å²) in [6, 6.07) is 0. The average Bonchev–Trinajstić information content (AvgIpc) is 3.73. The van der Waals surface area contributed by atoms with E-state index in [4.69, 9.17) is 9.47 Å². The monoisotopic (exact) mass is 604 g/mol. The summed E-state index contributed by atoms with van der Waals surface area (Å²) in [6.07, 6.45) is 28.6. The van der Waals surface area contributed by atoms with Crippen molar-refractivity contribution in [3.05, 3.63) is 83.1 Å². The van der Waals surface area contributed by atoms with Crippen molar-refractivity contribution in [2.45, 2.75) is 155 Å². The predicted molar refractivity (Wildman–Crippen MR) is 183 cm³/mol. The maximum absolute atomic E-state index is 10.3. The first-order valence-corrected chi connectivity index (χ1v) is 16.9. The highest BCUT2D eigenvalue weighted by molar-refractivity contribution is 5.36. The molecule has 0 amide bonds. The fourth-order valence-corrected chi connectivity index (χ4v) is 8.66. The van der Waals surface area contributed by atoms with E-state index in [2.05, 4.69) is 130 Å². The Morgan fingerprint density at radius 1 is 0.659 bits per heavy atom. The third kappa shape index (κ3) is 7.04. The smallest absolute Gasteiger partial charge is 0.121 e. The van der Waals surface area contributed by atoms with E-state index in [1.165, 1.54) is 22.3 Å². The molecular weight excluding hydrogens is 544 g/mol. The summed E-state index contributed by atoms with van der Waals surface area (Å²) in [4.78, 5) is 0. The van der Waals surface area contributed by atoms with Crippen LogP contribution in [0.4, 0.5) is 0 Å². The van der Waals surface area contributed by atoms with Gasteiger partial charge in [-0.3, -0.25) is 0 Å². The van der Waals surface area contributed by atoms with Crippen molar-refractivity contribution < 1.29 is 19.7 Å². The Kier molecular flexibility index (Phi) is 10.0. The van der Waals surface area contributed by atoms with Crippen molar-refractivity contribution in [1.82, 2.24) is 0 Å². The molecule has 6 atom stereocenters. The first kappa shape index (κ1) is 34.9. The van der Waals surface area contributed by atoms with Gasteiger partial charge in [0.05, 0.1) is 17.8 Å². The number of hydrogen-bond acceptors (Lipinski definition) is 4. The van der Waals surface area contributed by atoms with Gasteiger partial charge in [0.2, 0.25) is 0 Å². The van der Waals surface area contributed by atoms with Crippen molar-refractivity contribution in [3.63, 3.8) is 0 Å². The molecule has 4 rings (SSSR count). The number of ether oxygens (including phenoxy) is 2. The van der Waals surface area contributed by atoms with Gasteiger partial charge in [0.25, 0.3) is 0 Å². The molecule has 44 heavy (non-hydrogen) atoms. The first-order valence-electron chi connectivity index (χ1n) is 16.9. The summed E-state index contributed by atoms with van der Waals surface area (Å²) in [5.41, 5.74) is 4.20. The molecule has 2 aliphatic carbocycles. The van der Waals surface area contributed by atoms with E-state index in [-0.39, 0.29) is 45.4 Å². The molecule has 0 spiro atoms. The van der Waals surface area contributed by atoms with Crippen molar-refractivity contribution >= 4 is 0 Å². The molecule has 2 aliphatic heterocycles. The Morgan fingerprint density at radius 3 is 1.77 bits per heavy atom. The third-order valence-corrected chi connectivity index (χ3v) is 11.2. The number of epoxide rings is 2. The number of hydrogen-bond donors (Lipinski definition) is 2. The zero-order valence-corrected chi connectivity index (χ0v) is 29.3. The molecule has 0 aromatic carbocycles. The van der Waals surface area contributed by atoms with Crippen LogP contribution in [-0.4, -0.2) is 44.8 Å². The number of fused-ring (bicyclic) bond motifs is 2. The number of allylic oxidation sites excluding steroid dienone is 13. The van der Waals surface area contributed by atoms with Crippen LogP contribution in [0.3, 0.4) is 0 Å². The van der Waals surface area contributed by atoms with Crippen LogP contribution in [0.15, 0.2) is 83.1 Å². The molecule has 2 heterocycles. The van der Waals surface area contributed by atoms with Gasteiger partial charge in [0.15, 0.2) is 0 Å². The lowest BCUT2D eigenvalue weighted by Crippen LogP contribution is -2.47. The summed E-state index contributed by atoms with van der Waals surface area (Å²) >= 11 is 0. The highest BCUT2D eigenvalue weighted by Crippen LogP contribution is 2.68. The summed E-state index contributed by atoms with van der Waals surface area (Å²) in [7, 11) is 0. The lowest BCUT2D eigenvalue weighted by Gasteiger charge is -2.40. The van der Waals surface area contributed by atoms with Crippen molar-refractivity contribution in [3.8, 4) is 0 Å². The number of aliphatic hydroxyl groups excluding tert-OH is 2. The minimum Gasteiger partial charge on any atom is -0.393 e. The molecule has 0 radical (unpaired) electrons. The van der Waals surface area contributed by atoms with Gasteiger partial charge in [0.1, 0.15) is 16.8 Å². The summed E-state index contributed by atoms with van der Waals surface area (Å²) in [5, 5.41) is 20.5. The Morgan fingerprint density at radius 2 is 1.20 bits per heavy atom. The van der Waals surface area contributed by atoms with Crippen LogP contribution in [0.5, 0.6) is 0 Å².